The van der Waals surface area contributed by atoms with Crippen LogP contribution in [0.2, 0.25) is 0 Å². The molecule has 128 valence electrons. The zero-order valence-electron chi connectivity index (χ0n) is 13.0. The van der Waals surface area contributed by atoms with Crippen molar-refractivity contribution in [1.82, 2.24) is 0 Å². The summed E-state index contributed by atoms with van der Waals surface area (Å²) < 4.78 is 43.9. The Labute approximate surface area is 137 Å². The quantitative estimate of drug-likeness (QED) is 0.832. The molecule has 0 bridgehead atoms. The maximum atomic E-state index is 12.9. The average Bonchev–Trinajstić information content (AvgIpc) is 2.54. The first-order valence-electron chi connectivity index (χ1n) is 7.33. The first-order valence-corrected chi connectivity index (χ1v) is 7.33. The van der Waals surface area contributed by atoms with Crippen molar-refractivity contribution in [3.8, 4) is 5.75 Å². The number of carbonyl (C=O) groups excluding carboxylic acids is 1. The molecule has 0 saturated heterocycles. The van der Waals surface area contributed by atoms with Gasteiger partial charge in [-0.2, -0.15) is 13.2 Å². The highest BCUT2D eigenvalue weighted by atomic mass is 19.4. The molecule has 4 nitrogen and oxygen atoms in total. The van der Waals surface area contributed by atoms with Crippen molar-refractivity contribution in [3.05, 3.63) is 54.1 Å². The van der Waals surface area contributed by atoms with Gasteiger partial charge in [0.05, 0.1) is 24.4 Å². The number of ether oxygens (including phenoxy) is 1. The monoisotopic (exact) mass is 338 g/mol. The summed E-state index contributed by atoms with van der Waals surface area (Å²) in [5, 5.41) is 5.12. The zero-order valence-corrected chi connectivity index (χ0v) is 13.0. The third-order valence-electron chi connectivity index (χ3n) is 3.12. The fourth-order valence-electron chi connectivity index (χ4n) is 2.05. The van der Waals surface area contributed by atoms with Crippen LogP contribution in [0.3, 0.4) is 0 Å². The van der Waals surface area contributed by atoms with Gasteiger partial charge in [0.15, 0.2) is 0 Å². The summed E-state index contributed by atoms with van der Waals surface area (Å²) in [7, 11) is 0. The number of alkyl halides is 3. The molecule has 2 aromatic carbocycles. The molecule has 0 atom stereocenters. The molecule has 0 unspecified atom stereocenters. The molecular weight excluding hydrogens is 321 g/mol. The number of halogens is 3. The molecule has 0 radical (unpaired) electrons. The van der Waals surface area contributed by atoms with E-state index in [-0.39, 0.29) is 12.2 Å². The van der Waals surface area contributed by atoms with Crippen LogP contribution in [0.5, 0.6) is 5.75 Å². The number of nitrogens with one attached hydrogen (secondary N) is 2. The summed E-state index contributed by atoms with van der Waals surface area (Å²) in [6.07, 6.45) is -4.52. The van der Waals surface area contributed by atoms with Gasteiger partial charge in [0.2, 0.25) is 5.91 Å². The molecule has 1 amide bonds. The number of rotatable bonds is 6. The lowest BCUT2D eigenvalue weighted by molar-refractivity contribution is -0.137. The fourth-order valence-corrected chi connectivity index (χ4v) is 2.05. The normalized spacial score (nSPS) is 11.0. The van der Waals surface area contributed by atoms with E-state index in [4.69, 9.17) is 4.74 Å². The lowest BCUT2D eigenvalue weighted by Crippen LogP contribution is -2.23. The lowest BCUT2D eigenvalue weighted by Gasteiger charge is -2.14. The van der Waals surface area contributed by atoms with Gasteiger partial charge in [-0.3, -0.25) is 4.79 Å². The van der Waals surface area contributed by atoms with E-state index < -0.39 is 17.6 Å². The van der Waals surface area contributed by atoms with Crippen LogP contribution in [0.1, 0.15) is 12.5 Å². The molecule has 0 aliphatic heterocycles. The number of anilines is 2. The smallest absolute Gasteiger partial charge is 0.418 e. The summed E-state index contributed by atoms with van der Waals surface area (Å²) in [5.41, 5.74) is -0.472. The summed E-state index contributed by atoms with van der Waals surface area (Å²) in [6, 6.07) is 11.8. The third-order valence-corrected chi connectivity index (χ3v) is 3.12. The SMILES string of the molecule is CCOc1ccc(NCC(=O)Nc2ccccc2C(F)(F)F)cc1. The predicted molar refractivity (Wildman–Crippen MR) is 86.2 cm³/mol. The van der Waals surface area contributed by atoms with E-state index >= 15 is 0 Å². The van der Waals surface area contributed by atoms with E-state index in [0.29, 0.717) is 18.0 Å². The molecule has 0 fully saturated rings. The second-order valence-corrected chi connectivity index (χ2v) is 4.90. The molecule has 0 aliphatic carbocycles. The number of benzene rings is 2. The first kappa shape index (κ1) is 17.7. The van der Waals surface area contributed by atoms with Crippen LogP contribution in [0, 0.1) is 0 Å². The Balaban J connectivity index is 1.94. The number of carbonyl (C=O) groups is 1. The van der Waals surface area contributed by atoms with Gasteiger partial charge in [-0.25, -0.2) is 0 Å². The molecule has 24 heavy (non-hydrogen) atoms. The molecule has 0 aliphatic rings. The number of para-hydroxylation sites is 1. The summed E-state index contributed by atoms with van der Waals surface area (Å²) in [6.45, 7) is 2.27. The van der Waals surface area contributed by atoms with Crippen LogP contribution in [0.4, 0.5) is 24.5 Å². The van der Waals surface area contributed by atoms with Gasteiger partial charge in [-0.1, -0.05) is 12.1 Å². The van der Waals surface area contributed by atoms with Crippen molar-refractivity contribution in [2.75, 3.05) is 23.8 Å². The molecule has 2 rings (SSSR count). The largest absolute Gasteiger partial charge is 0.494 e. The van der Waals surface area contributed by atoms with Crippen molar-refractivity contribution < 1.29 is 22.7 Å². The van der Waals surface area contributed by atoms with Gasteiger partial charge < -0.3 is 15.4 Å². The third kappa shape index (κ3) is 4.91. The maximum absolute atomic E-state index is 12.9. The van der Waals surface area contributed by atoms with Crippen LogP contribution >= 0.6 is 0 Å². The molecule has 0 heterocycles. The Morgan fingerprint density at radius 2 is 1.75 bits per heavy atom. The van der Waals surface area contributed by atoms with Crippen LogP contribution in [-0.2, 0) is 11.0 Å². The molecule has 0 aromatic heterocycles. The molecule has 2 aromatic rings. The van der Waals surface area contributed by atoms with Gasteiger partial charge in [0, 0.05) is 5.69 Å². The molecule has 2 N–H and O–H groups in total. The highest BCUT2D eigenvalue weighted by Gasteiger charge is 2.33. The van der Waals surface area contributed by atoms with Crippen molar-refractivity contribution in [3.63, 3.8) is 0 Å². The minimum Gasteiger partial charge on any atom is -0.494 e. The standard InChI is InChI=1S/C17H17F3N2O2/c1-2-24-13-9-7-12(8-10-13)21-11-16(23)22-15-6-4-3-5-14(15)17(18,19)20/h3-10,21H,2,11H2,1H3,(H,22,23). The van der Waals surface area contributed by atoms with Gasteiger partial charge in [0.1, 0.15) is 5.75 Å². The Hall–Kier alpha value is -2.70. The van der Waals surface area contributed by atoms with Crippen LogP contribution in [-0.4, -0.2) is 19.1 Å². The maximum Gasteiger partial charge on any atom is 0.418 e. The Morgan fingerprint density at radius 1 is 1.08 bits per heavy atom. The van der Waals surface area contributed by atoms with Crippen LogP contribution < -0.4 is 15.4 Å². The first-order chi connectivity index (χ1) is 11.4. The fraction of sp³-hybridized carbons (Fsp3) is 0.235. The van der Waals surface area contributed by atoms with E-state index in [2.05, 4.69) is 10.6 Å². The van der Waals surface area contributed by atoms with Crippen LogP contribution in [0.15, 0.2) is 48.5 Å². The molecular formula is C17H17F3N2O2. The van der Waals surface area contributed by atoms with Crippen molar-refractivity contribution in [2.45, 2.75) is 13.1 Å². The number of amides is 1. The summed E-state index contributed by atoms with van der Waals surface area (Å²) in [4.78, 5) is 11.9. The van der Waals surface area contributed by atoms with Gasteiger partial charge in [-0.05, 0) is 43.3 Å². The second-order valence-electron chi connectivity index (χ2n) is 4.90. The Morgan fingerprint density at radius 3 is 2.38 bits per heavy atom. The van der Waals surface area contributed by atoms with E-state index in [1.54, 1.807) is 24.3 Å². The van der Waals surface area contributed by atoms with Crippen molar-refractivity contribution in [2.24, 2.45) is 0 Å². The van der Waals surface area contributed by atoms with E-state index in [1.807, 2.05) is 6.92 Å². The van der Waals surface area contributed by atoms with Gasteiger partial charge in [0.25, 0.3) is 0 Å². The highest BCUT2D eigenvalue weighted by Crippen LogP contribution is 2.34. The minimum absolute atomic E-state index is 0.153. The van der Waals surface area contributed by atoms with E-state index in [9.17, 15) is 18.0 Å². The predicted octanol–water partition coefficient (Wildman–Crippen LogP) is 4.15. The Bertz CT molecular complexity index is 685. The summed E-state index contributed by atoms with van der Waals surface area (Å²) >= 11 is 0. The highest BCUT2D eigenvalue weighted by molar-refractivity contribution is 5.94. The van der Waals surface area contributed by atoms with Crippen molar-refractivity contribution >= 4 is 17.3 Å². The van der Waals surface area contributed by atoms with Gasteiger partial charge in [-0.15, -0.1) is 0 Å². The van der Waals surface area contributed by atoms with E-state index in [0.717, 1.165) is 6.07 Å². The molecule has 7 heteroatoms. The second kappa shape index (κ2) is 7.72. The van der Waals surface area contributed by atoms with Gasteiger partial charge >= 0.3 is 6.18 Å². The average molecular weight is 338 g/mol. The Kier molecular flexibility index (Phi) is 5.68. The molecule has 0 spiro atoms. The van der Waals surface area contributed by atoms with E-state index in [1.165, 1.54) is 18.2 Å². The lowest BCUT2D eigenvalue weighted by atomic mass is 10.1. The number of hydrogen-bond acceptors (Lipinski definition) is 3. The van der Waals surface area contributed by atoms with Crippen molar-refractivity contribution in [1.29, 1.82) is 0 Å². The topological polar surface area (TPSA) is 50.4 Å². The molecule has 0 saturated carbocycles. The van der Waals surface area contributed by atoms with Crippen LogP contribution in [0.25, 0.3) is 0 Å². The summed E-state index contributed by atoms with van der Waals surface area (Å²) in [5.74, 6) is 0.132. The minimum atomic E-state index is -4.52. The number of hydrogen-bond donors (Lipinski definition) is 2. The zero-order chi connectivity index (χ0) is 17.6.